The van der Waals surface area contributed by atoms with Crippen molar-refractivity contribution in [1.82, 2.24) is 5.32 Å². The molecule has 5 heteroatoms. The summed E-state index contributed by atoms with van der Waals surface area (Å²) in [5.41, 5.74) is 1.98. The van der Waals surface area contributed by atoms with E-state index in [-0.39, 0.29) is 4.86 Å². The zero-order valence-electron chi connectivity index (χ0n) is 10.4. The van der Waals surface area contributed by atoms with Gasteiger partial charge in [0.2, 0.25) is 0 Å². The molecule has 0 bridgehead atoms. The van der Waals surface area contributed by atoms with Crippen molar-refractivity contribution in [1.29, 1.82) is 0 Å². The zero-order valence-corrected chi connectivity index (χ0v) is 10.4. The van der Waals surface area contributed by atoms with E-state index in [0.717, 1.165) is 5.56 Å². The van der Waals surface area contributed by atoms with Crippen molar-refractivity contribution in [2.24, 2.45) is 5.11 Å². The van der Waals surface area contributed by atoms with Gasteiger partial charge in [-0.05, 0) is 36.1 Å². The Morgan fingerprint density at radius 1 is 1.32 bits per heavy atom. The van der Waals surface area contributed by atoms with Crippen LogP contribution in [0, 0.1) is 12.1 Å². The Hall–Kier alpha value is -2.69. The van der Waals surface area contributed by atoms with Crippen molar-refractivity contribution in [2.45, 2.75) is 6.92 Å². The van der Waals surface area contributed by atoms with Gasteiger partial charge >= 0.3 is 5.91 Å². The summed E-state index contributed by atoms with van der Waals surface area (Å²) < 4.78 is 0. The molecular formula is C14H13N3O2. The van der Waals surface area contributed by atoms with Crippen LogP contribution in [0.1, 0.15) is 15.9 Å². The normalized spacial score (nSPS) is 16.5. The Morgan fingerprint density at radius 3 is 2.68 bits per heavy atom. The molecule has 19 heavy (non-hydrogen) atoms. The molecule has 0 saturated carbocycles. The Kier molecular flexibility index (Phi) is 3.87. The number of carbonyl (C=O) groups excluding carboxylic acids is 1. The van der Waals surface area contributed by atoms with Gasteiger partial charge in [-0.15, -0.1) is 0 Å². The third-order valence-electron chi connectivity index (χ3n) is 2.51. The molecule has 1 N–H and O–H groups in total. The minimum Gasteiger partial charge on any atom is -0.591 e. The number of allylic oxidation sites excluding steroid dienone is 3. The number of nitrogens with zero attached hydrogens (tertiary/aromatic N) is 2. The predicted molar refractivity (Wildman–Crippen MR) is 71.1 cm³/mol. The third kappa shape index (κ3) is 3.38. The number of hydroxylamine groups is 1. The largest absolute Gasteiger partial charge is 0.591 e. The molecule has 0 radical (unpaired) electrons. The van der Waals surface area contributed by atoms with E-state index < -0.39 is 5.91 Å². The second-order valence-corrected chi connectivity index (χ2v) is 4.01. The Bertz CT molecular complexity index is 596. The standard InChI is InChI=1S/C14H13N3O2/c1-11-5-7-12(8-6-11)14(18)17(19)16-10-13-4-2-3-9-15-13/h2-10,15H,1H3. The Balaban J connectivity index is 2.12. The number of benzene rings is 1. The average Bonchev–Trinajstić information content (AvgIpc) is 2.46. The molecule has 1 aliphatic heterocycles. The van der Waals surface area contributed by atoms with Crippen molar-refractivity contribution in [3.63, 3.8) is 0 Å². The molecule has 0 fully saturated rings. The SMILES string of the molecule is Cc1ccc(C(=O)[N+]([O-])=NC=C2C=CC=CN2)cc1. The van der Waals surface area contributed by atoms with Crippen molar-refractivity contribution in [3.05, 3.63) is 76.9 Å². The number of nitrogens with one attached hydrogen (secondary N) is 1. The van der Waals surface area contributed by atoms with Crippen LogP contribution < -0.4 is 5.32 Å². The van der Waals surface area contributed by atoms with Crippen LogP contribution in [-0.4, -0.2) is 10.8 Å². The molecule has 5 nitrogen and oxygen atoms in total. The minimum absolute atomic E-state index is 0.0749. The number of amides is 1. The first-order chi connectivity index (χ1) is 9.16. The third-order valence-corrected chi connectivity index (χ3v) is 2.51. The minimum atomic E-state index is -0.688. The van der Waals surface area contributed by atoms with E-state index in [2.05, 4.69) is 10.4 Å². The molecule has 0 spiro atoms. The molecule has 0 atom stereocenters. The van der Waals surface area contributed by atoms with Crippen molar-refractivity contribution >= 4 is 5.91 Å². The van der Waals surface area contributed by atoms with Crippen LogP contribution in [0.5, 0.6) is 0 Å². The lowest BCUT2D eigenvalue weighted by atomic mass is 10.1. The summed E-state index contributed by atoms with van der Waals surface area (Å²) >= 11 is 0. The molecule has 1 aromatic rings. The van der Waals surface area contributed by atoms with Crippen LogP contribution in [-0.2, 0) is 0 Å². The summed E-state index contributed by atoms with van der Waals surface area (Å²) in [5, 5.41) is 18.0. The smallest absolute Gasteiger partial charge is 0.455 e. The summed E-state index contributed by atoms with van der Waals surface area (Å²) in [6.07, 6.45) is 8.36. The van der Waals surface area contributed by atoms with E-state index in [0.29, 0.717) is 11.3 Å². The van der Waals surface area contributed by atoms with Gasteiger partial charge in [0.1, 0.15) is 6.20 Å². The monoisotopic (exact) mass is 255 g/mol. The number of rotatable bonds is 2. The molecule has 1 heterocycles. The highest BCUT2D eigenvalue weighted by Gasteiger charge is 2.15. The lowest BCUT2D eigenvalue weighted by Crippen LogP contribution is -2.13. The van der Waals surface area contributed by atoms with Gasteiger partial charge in [-0.1, -0.05) is 23.8 Å². The zero-order chi connectivity index (χ0) is 13.7. The second-order valence-electron chi connectivity index (χ2n) is 4.01. The molecule has 2 rings (SSSR count). The maximum atomic E-state index is 11.8. The van der Waals surface area contributed by atoms with Crippen molar-refractivity contribution < 1.29 is 9.66 Å². The molecule has 0 aromatic heterocycles. The highest BCUT2D eigenvalue weighted by atomic mass is 16.5. The van der Waals surface area contributed by atoms with Crippen LogP contribution in [0.4, 0.5) is 0 Å². The van der Waals surface area contributed by atoms with Crippen LogP contribution >= 0.6 is 0 Å². The van der Waals surface area contributed by atoms with Gasteiger partial charge in [0.15, 0.2) is 0 Å². The highest BCUT2D eigenvalue weighted by molar-refractivity contribution is 5.87. The number of hydrogen-bond donors (Lipinski definition) is 1. The van der Waals surface area contributed by atoms with Crippen molar-refractivity contribution in [2.75, 3.05) is 0 Å². The summed E-state index contributed by atoms with van der Waals surface area (Å²) in [6, 6.07) is 6.75. The fourth-order valence-corrected chi connectivity index (χ4v) is 1.46. The molecule has 96 valence electrons. The Morgan fingerprint density at radius 2 is 2.05 bits per heavy atom. The molecule has 0 unspecified atom stereocenters. The number of hydrogen-bond acceptors (Lipinski definition) is 4. The molecule has 1 amide bonds. The van der Waals surface area contributed by atoms with Gasteiger partial charge in [-0.2, -0.15) is 0 Å². The summed E-state index contributed by atoms with van der Waals surface area (Å²) in [7, 11) is 0. The number of aryl methyl sites for hydroxylation is 1. The predicted octanol–water partition coefficient (Wildman–Crippen LogP) is 2.61. The second kappa shape index (κ2) is 5.77. The fraction of sp³-hybridized carbons (Fsp3) is 0.0714. The maximum Gasteiger partial charge on any atom is 0.455 e. The molecule has 0 saturated heterocycles. The van der Waals surface area contributed by atoms with Crippen molar-refractivity contribution in [3.8, 4) is 0 Å². The van der Waals surface area contributed by atoms with E-state index >= 15 is 0 Å². The van der Waals surface area contributed by atoms with Crippen LogP contribution in [0.2, 0.25) is 0 Å². The molecular weight excluding hydrogens is 242 g/mol. The van der Waals surface area contributed by atoms with Crippen LogP contribution in [0.15, 0.2) is 65.7 Å². The first-order valence-corrected chi connectivity index (χ1v) is 5.76. The number of carbonyl (C=O) groups is 1. The average molecular weight is 255 g/mol. The fourth-order valence-electron chi connectivity index (χ4n) is 1.46. The number of dihydropyridines is 1. The highest BCUT2D eigenvalue weighted by Crippen LogP contribution is 2.05. The maximum absolute atomic E-state index is 11.8. The lowest BCUT2D eigenvalue weighted by Gasteiger charge is -2.02. The lowest BCUT2D eigenvalue weighted by molar-refractivity contribution is -0.424. The molecule has 1 aliphatic rings. The topological polar surface area (TPSA) is 67.5 Å². The van der Waals surface area contributed by atoms with E-state index in [4.69, 9.17) is 0 Å². The summed E-state index contributed by atoms with van der Waals surface area (Å²) in [6.45, 7) is 1.91. The van der Waals surface area contributed by atoms with E-state index in [1.54, 1.807) is 42.6 Å². The summed E-state index contributed by atoms with van der Waals surface area (Å²) in [5.74, 6) is -0.688. The van der Waals surface area contributed by atoms with Crippen LogP contribution in [0.25, 0.3) is 0 Å². The van der Waals surface area contributed by atoms with Gasteiger partial charge < -0.3 is 10.5 Å². The number of azo groups is 1. The quantitative estimate of drug-likeness (QED) is 0.501. The molecule has 1 aromatic carbocycles. The van der Waals surface area contributed by atoms with Gasteiger partial charge in [0.05, 0.1) is 11.3 Å². The van der Waals surface area contributed by atoms with Gasteiger partial charge in [0, 0.05) is 11.3 Å². The van der Waals surface area contributed by atoms with E-state index in [1.807, 2.05) is 13.0 Å². The first kappa shape index (κ1) is 12.8. The van der Waals surface area contributed by atoms with Gasteiger partial charge in [-0.25, -0.2) is 4.79 Å². The van der Waals surface area contributed by atoms with E-state index in [9.17, 15) is 10.0 Å². The van der Waals surface area contributed by atoms with Gasteiger partial charge in [-0.3, -0.25) is 0 Å². The van der Waals surface area contributed by atoms with Gasteiger partial charge in [0.25, 0.3) is 0 Å². The summed E-state index contributed by atoms with van der Waals surface area (Å²) in [4.78, 5) is 11.8. The molecule has 0 aliphatic carbocycles. The van der Waals surface area contributed by atoms with E-state index in [1.165, 1.54) is 6.20 Å². The van der Waals surface area contributed by atoms with Crippen LogP contribution in [0.3, 0.4) is 0 Å². The Labute approximate surface area is 110 Å². The first-order valence-electron chi connectivity index (χ1n) is 5.76.